The van der Waals surface area contributed by atoms with Crippen LogP contribution in [0.1, 0.15) is 37.6 Å². The van der Waals surface area contributed by atoms with E-state index in [4.69, 9.17) is 14.5 Å². The molecule has 0 bridgehead atoms. The molecule has 0 radical (unpaired) electrons. The number of para-hydroxylation sites is 1. The molecule has 0 aliphatic carbocycles. The van der Waals surface area contributed by atoms with Gasteiger partial charge in [0.25, 0.3) is 0 Å². The molecule has 1 unspecified atom stereocenters. The maximum absolute atomic E-state index is 12.5. The summed E-state index contributed by atoms with van der Waals surface area (Å²) in [6, 6.07) is 27.4. The number of hydrogen-bond acceptors (Lipinski definition) is 5. The molecule has 1 aromatic heterocycles. The van der Waals surface area contributed by atoms with Crippen molar-refractivity contribution in [3.63, 3.8) is 0 Å². The molecular formula is C28H25N3O3. The smallest absolute Gasteiger partial charge is 0.243 e. The number of ether oxygens (including phenoxy) is 2. The minimum atomic E-state index is -0.653. The van der Waals surface area contributed by atoms with Crippen molar-refractivity contribution in [1.29, 1.82) is 0 Å². The van der Waals surface area contributed by atoms with E-state index >= 15 is 0 Å². The fraction of sp³-hybridized carbons (Fsp3) is 0.179. The van der Waals surface area contributed by atoms with Crippen LogP contribution in [-0.4, -0.2) is 28.4 Å². The van der Waals surface area contributed by atoms with Crippen molar-refractivity contribution in [3.8, 4) is 17.0 Å². The molecule has 6 nitrogen and oxygen atoms in total. The van der Waals surface area contributed by atoms with Gasteiger partial charge in [0.2, 0.25) is 18.0 Å². The first-order chi connectivity index (χ1) is 16.6. The largest absolute Gasteiger partial charge is 0.494 e. The summed E-state index contributed by atoms with van der Waals surface area (Å²) in [6.07, 6.45) is 0.285. The molecule has 34 heavy (non-hydrogen) atoms. The third kappa shape index (κ3) is 4.22. The average molecular weight is 452 g/mol. The Labute approximate surface area is 198 Å². The SMILES string of the molecule is CCCOc1ccc(C2OC(c3cc(-c4ccccc4)nc4ccccc34)=NN2C(C)=O)cc1. The van der Waals surface area contributed by atoms with Gasteiger partial charge in [0.15, 0.2) is 0 Å². The highest BCUT2D eigenvalue weighted by Crippen LogP contribution is 2.34. The van der Waals surface area contributed by atoms with Crippen molar-refractivity contribution in [1.82, 2.24) is 9.99 Å². The highest BCUT2D eigenvalue weighted by Gasteiger charge is 2.34. The van der Waals surface area contributed by atoms with Gasteiger partial charge in [-0.2, -0.15) is 5.01 Å². The number of amides is 1. The molecule has 0 saturated heterocycles. The van der Waals surface area contributed by atoms with E-state index in [0.29, 0.717) is 12.5 Å². The van der Waals surface area contributed by atoms with E-state index in [2.05, 4.69) is 12.0 Å². The summed E-state index contributed by atoms with van der Waals surface area (Å²) in [4.78, 5) is 17.3. The van der Waals surface area contributed by atoms with E-state index in [1.807, 2.05) is 84.9 Å². The summed E-state index contributed by atoms with van der Waals surface area (Å²) in [7, 11) is 0. The lowest BCUT2D eigenvalue weighted by Gasteiger charge is -2.19. The van der Waals surface area contributed by atoms with Crippen LogP contribution in [-0.2, 0) is 9.53 Å². The van der Waals surface area contributed by atoms with E-state index in [1.54, 1.807) is 0 Å². The highest BCUT2D eigenvalue weighted by atomic mass is 16.5. The normalized spacial score (nSPS) is 15.2. The minimum absolute atomic E-state index is 0.201. The second kappa shape index (κ2) is 9.35. The predicted octanol–water partition coefficient (Wildman–Crippen LogP) is 5.93. The van der Waals surface area contributed by atoms with Gasteiger partial charge >= 0.3 is 0 Å². The molecule has 0 N–H and O–H groups in total. The number of carbonyl (C=O) groups is 1. The van der Waals surface area contributed by atoms with Crippen LogP contribution in [0, 0.1) is 0 Å². The molecule has 1 amide bonds. The second-order valence-corrected chi connectivity index (χ2v) is 8.09. The molecule has 2 heterocycles. The fourth-order valence-corrected chi connectivity index (χ4v) is 3.95. The van der Waals surface area contributed by atoms with Crippen LogP contribution in [0.4, 0.5) is 0 Å². The summed E-state index contributed by atoms with van der Waals surface area (Å²) in [5.74, 6) is 0.974. The first-order valence-electron chi connectivity index (χ1n) is 11.4. The van der Waals surface area contributed by atoms with Gasteiger partial charge in [-0.25, -0.2) is 4.98 Å². The van der Waals surface area contributed by atoms with Gasteiger partial charge in [-0.05, 0) is 42.8 Å². The Kier molecular flexibility index (Phi) is 5.95. The Hall–Kier alpha value is -4.19. The maximum Gasteiger partial charge on any atom is 0.243 e. The lowest BCUT2D eigenvalue weighted by molar-refractivity contribution is -0.135. The summed E-state index contributed by atoms with van der Waals surface area (Å²) in [6.45, 7) is 4.21. The minimum Gasteiger partial charge on any atom is -0.494 e. The number of carbonyl (C=O) groups excluding carboxylic acids is 1. The van der Waals surface area contributed by atoms with Crippen molar-refractivity contribution in [2.75, 3.05) is 6.61 Å². The van der Waals surface area contributed by atoms with Crippen LogP contribution in [0.3, 0.4) is 0 Å². The van der Waals surface area contributed by atoms with Crippen molar-refractivity contribution in [2.24, 2.45) is 5.10 Å². The van der Waals surface area contributed by atoms with Crippen molar-refractivity contribution in [3.05, 3.63) is 96.1 Å². The number of benzene rings is 3. The number of nitrogens with zero attached hydrogens (tertiary/aromatic N) is 3. The summed E-state index contributed by atoms with van der Waals surface area (Å²) >= 11 is 0. The van der Waals surface area contributed by atoms with Gasteiger partial charge in [-0.1, -0.05) is 55.5 Å². The van der Waals surface area contributed by atoms with Crippen LogP contribution >= 0.6 is 0 Å². The quantitative estimate of drug-likeness (QED) is 0.364. The van der Waals surface area contributed by atoms with Crippen molar-refractivity contribution < 1.29 is 14.3 Å². The molecule has 5 rings (SSSR count). The topological polar surface area (TPSA) is 64.0 Å². The fourth-order valence-electron chi connectivity index (χ4n) is 3.95. The molecule has 1 aliphatic rings. The Balaban J connectivity index is 1.54. The third-order valence-corrected chi connectivity index (χ3v) is 5.62. The van der Waals surface area contributed by atoms with Gasteiger partial charge in [-0.15, -0.1) is 5.10 Å². The number of aromatic nitrogens is 1. The first-order valence-corrected chi connectivity index (χ1v) is 11.4. The van der Waals surface area contributed by atoms with Gasteiger partial charge < -0.3 is 9.47 Å². The van der Waals surface area contributed by atoms with E-state index in [9.17, 15) is 4.79 Å². The molecule has 4 aromatic rings. The Morgan fingerprint density at radius 1 is 1.00 bits per heavy atom. The van der Waals surface area contributed by atoms with E-state index < -0.39 is 6.23 Å². The Morgan fingerprint density at radius 3 is 2.47 bits per heavy atom. The monoisotopic (exact) mass is 451 g/mol. The zero-order valence-electron chi connectivity index (χ0n) is 19.1. The molecule has 0 spiro atoms. The van der Waals surface area contributed by atoms with Gasteiger partial charge in [0.1, 0.15) is 5.75 Å². The Morgan fingerprint density at radius 2 is 1.74 bits per heavy atom. The lowest BCUT2D eigenvalue weighted by atomic mass is 10.0. The van der Waals surface area contributed by atoms with E-state index in [0.717, 1.165) is 45.5 Å². The molecule has 3 aromatic carbocycles. The van der Waals surface area contributed by atoms with Crippen LogP contribution in [0.2, 0.25) is 0 Å². The van der Waals surface area contributed by atoms with Crippen LogP contribution in [0.15, 0.2) is 90.0 Å². The first kappa shape index (κ1) is 21.6. The number of pyridine rings is 1. The molecular weight excluding hydrogens is 426 g/mol. The summed E-state index contributed by atoms with van der Waals surface area (Å²) in [5, 5.41) is 6.89. The number of rotatable bonds is 6. The van der Waals surface area contributed by atoms with Crippen LogP contribution < -0.4 is 4.74 Å². The van der Waals surface area contributed by atoms with Crippen LogP contribution in [0.25, 0.3) is 22.2 Å². The van der Waals surface area contributed by atoms with Crippen molar-refractivity contribution in [2.45, 2.75) is 26.5 Å². The predicted molar refractivity (Wildman–Crippen MR) is 132 cm³/mol. The lowest BCUT2D eigenvalue weighted by Crippen LogP contribution is -2.25. The molecule has 170 valence electrons. The van der Waals surface area contributed by atoms with Gasteiger partial charge in [0.05, 0.1) is 17.8 Å². The summed E-state index contributed by atoms with van der Waals surface area (Å²) in [5.41, 5.74) is 4.26. The highest BCUT2D eigenvalue weighted by molar-refractivity contribution is 6.08. The summed E-state index contributed by atoms with van der Waals surface area (Å²) < 4.78 is 12.0. The number of fused-ring (bicyclic) bond motifs is 1. The second-order valence-electron chi connectivity index (χ2n) is 8.09. The Bertz CT molecular complexity index is 1350. The van der Waals surface area contributed by atoms with E-state index in [1.165, 1.54) is 11.9 Å². The number of hydrogen-bond donors (Lipinski definition) is 0. The molecule has 0 saturated carbocycles. The molecule has 6 heteroatoms. The zero-order chi connectivity index (χ0) is 23.5. The third-order valence-electron chi connectivity index (χ3n) is 5.62. The van der Waals surface area contributed by atoms with Crippen LogP contribution in [0.5, 0.6) is 5.75 Å². The van der Waals surface area contributed by atoms with Crippen molar-refractivity contribution >= 4 is 22.7 Å². The number of hydrazone groups is 1. The standard InChI is InChI=1S/C28H25N3O3/c1-3-17-33-22-15-13-21(14-16-22)28-31(19(2)32)30-27(34-28)24-18-26(20-9-5-4-6-10-20)29-25-12-8-7-11-23(24)25/h4-16,18,28H,3,17H2,1-2H3. The molecule has 1 aliphatic heterocycles. The zero-order valence-corrected chi connectivity index (χ0v) is 19.1. The maximum atomic E-state index is 12.5. The van der Waals surface area contributed by atoms with Gasteiger partial charge in [-0.3, -0.25) is 4.79 Å². The average Bonchev–Trinajstić information content (AvgIpc) is 3.33. The van der Waals surface area contributed by atoms with Gasteiger partial charge in [0, 0.05) is 29.0 Å². The molecule has 0 fully saturated rings. The molecule has 1 atom stereocenters. The van der Waals surface area contributed by atoms with E-state index in [-0.39, 0.29) is 5.91 Å².